The lowest BCUT2D eigenvalue weighted by atomic mass is 10.1. The molecule has 0 bridgehead atoms. The van der Waals surface area contributed by atoms with Crippen LogP contribution in [-0.4, -0.2) is 23.4 Å². The van der Waals surface area contributed by atoms with Crippen LogP contribution in [0, 0.1) is 0 Å². The van der Waals surface area contributed by atoms with Crippen molar-refractivity contribution in [2.75, 3.05) is 6.61 Å². The van der Waals surface area contributed by atoms with Crippen LogP contribution in [-0.2, 0) is 4.74 Å². The average molecular weight is 285 g/mol. The monoisotopic (exact) mass is 284 g/mol. The highest BCUT2D eigenvalue weighted by atomic mass is 35.5. The summed E-state index contributed by atoms with van der Waals surface area (Å²) in [6.07, 6.45) is 1.67. The minimum atomic E-state index is -0.523. The van der Waals surface area contributed by atoms with E-state index in [1.54, 1.807) is 19.1 Å². The lowest BCUT2D eigenvalue weighted by Gasteiger charge is -2.19. The summed E-state index contributed by atoms with van der Waals surface area (Å²) in [6.45, 7) is 6.41. The lowest BCUT2D eigenvalue weighted by molar-refractivity contribution is -0.0326. The zero-order valence-corrected chi connectivity index (χ0v) is 12.4. The number of benzene rings is 1. The first-order valence-corrected chi connectivity index (χ1v) is 7.03. The molecule has 0 aromatic heterocycles. The van der Waals surface area contributed by atoms with Crippen molar-refractivity contribution in [3.05, 3.63) is 28.8 Å². The van der Waals surface area contributed by atoms with Gasteiger partial charge in [0.25, 0.3) is 0 Å². The summed E-state index contributed by atoms with van der Waals surface area (Å²) in [5.74, 6) is 0.638. The molecule has 1 N–H and O–H groups in total. The Morgan fingerprint density at radius 1 is 1.53 bits per heavy atom. The second-order valence-corrected chi connectivity index (χ2v) is 6.12. The lowest BCUT2D eigenvalue weighted by Crippen LogP contribution is -2.23. The summed E-state index contributed by atoms with van der Waals surface area (Å²) in [6, 6.07) is 5.36. The SMILES string of the molecule is CC(O)c1ccc(OCC2CCC(C)(C)O2)c(Cl)c1. The predicted molar refractivity (Wildman–Crippen MR) is 75.8 cm³/mol. The van der Waals surface area contributed by atoms with Gasteiger partial charge in [-0.25, -0.2) is 0 Å². The van der Waals surface area contributed by atoms with E-state index in [0.29, 0.717) is 17.4 Å². The van der Waals surface area contributed by atoms with E-state index in [-0.39, 0.29) is 11.7 Å². The first-order chi connectivity index (χ1) is 8.87. The smallest absolute Gasteiger partial charge is 0.138 e. The Morgan fingerprint density at radius 3 is 2.79 bits per heavy atom. The van der Waals surface area contributed by atoms with Crippen LogP contribution in [0.4, 0.5) is 0 Å². The van der Waals surface area contributed by atoms with Crippen molar-refractivity contribution < 1.29 is 14.6 Å². The molecule has 1 aromatic rings. The first-order valence-electron chi connectivity index (χ1n) is 6.65. The van der Waals surface area contributed by atoms with Gasteiger partial charge in [-0.15, -0.1) is 0 Å². The predicted octanol–water partition coefficient (Wildman–Crippen LogP) is 3.73. The zero-order chi connectivity index (χ0) is 14.0. The minimum absolute atomic E-state index is 0.0476. The van der Waals surface area contributed by atoms with Gasteiger partial charge < -0.3 is 14.6 Å². The average Bonchev–Trinajstić information content (AvgIpc) is 2.67. The fourth-order valence-electron chi connectivity index (χ4n) is 2.27. The van der Waals surface area contributed by atoms with Crippen LogP contribution in [0.15, 0.2) is 18.2 Å². The van der Waals surface area contributed by atoms with Gasteiger partial charge in [0.2, 0.25) is 0 Å². The molecule has 1 fully saturated rings. The maximum absolute atomic E-state index is 9.48. The molecule has 0 spiro atoms. The Bertz CT molecular complexity index is 443. The van der Waals surface area contributed by atoms with Crippen molar-refractivity contribution in [3.63, 3.8) is 0 Å². The molecule has 0 radical (unpaired) electrons. The third kappa shape index (κ3) is 3.85. The molecular weight excluding hydrogens is 264 g/mol. The molecule has 0 aliphatic carbocycles. The first kappa shape index (κ1) is 14.6. The Balaban J connectivity index is 1.93. The van der Waals surface area contributed by atoms with E-state index in [4.69, 9.17) is 21.1 Å². The van der Waals surface area contributed by atoms with Gasteiger partial charge in [-0.2, -0.15) is 0 Å². The van der Waals surface area contributed by atoms with Crippen LogP contribution < -0.4 is 4.74 Å². The molecule has 2 unspecified atom stereocenters. The highest BCUT2D eigenvalue weighted by Crippen LogP contribution is 2.31. The van der Waals surface area contributed by atoms with E-state index in [1.807, 2.05) is 6.07 Å². The van der Waals surface area contributed by atoms with Gasteiger partial charge in [0.1, 0.15) is 12.4 Å². The van der Waals surface area contributed by atoms with E-state index >= 15 is 0 Å². The molecule has 4 heteroatoms. The summed E-state index contributed by atoms with van der Waals surface area (Å²) < 4.78 is 11.6. The van der Waals surface area contributed by atoms with E-state index < -0.39 is 6.10 Å². The van der Waals surface area contributed by atoms with Crippen LogP contribution in [0.1, 0.15) is 45.3 Å². The maximum Gasteiger partial charge on any atom is 0.138 e. The van der Waals surface area contributed by atoms with E-state index in [2.05, 4.69) is 13.8 Å². The van der Waals surface area contributed by atoms with Crippen molar-refractivity contribution >= 4 is 11.6 Å². The molecular formula is C15H21ClO3. The van der Waals surface area contributed by atoms with Crippen LogP contribution in [0.2, 0.25) is 5.02 Å². The number of aliphatic hydroxyl groups excluding tert-OH is 1. The molecule has 3 nitrogen and oxygen atoms in total. The van der Waals surface area contributed by atoms with Crippen molar-refractivity contribution in [3.8, 4) is 5.75 Å². The molecule has 1 aromatic carbocycles. The normalized spacial score (nSPS) is 23.3. The van der Waals surface area contributed by atoms with Crippen molar-refractivity contribution in [2.45, 2.75) is 51.4 Å². The fourth-order valence-corrected chi connectivity index (χ4v) is 2.52. The van der Waals surface area contributed by atoms with Crippen LogP contribution in [0.3, 0.4) is 0 Å². The van der Waals surface area contributed by atoms with Crippen molar-refractivity contribution in [2.24, 2.45) is 0 Å². The largest absolute Gasteiger partial charge is 0.489 e. The minimum Gasteiger partial charge on any atom is -0.489 e. The molecule has 2 atom stereocenters. The van der Waals surface area contributed by atoms with Gasteiger partial charge >= 0.3 is 0 Å². The fraction of sp³-hybridized carbons (Fsp3) is 0.600. The van der Waals surface area contributed by atoms with Gasteiger partial charge in [-0.3, -0.25) is 0 Å². The van der Waals surface area contributed by atoms with Gasteiger partial charge in [0, 0.05) is 0 Å². The summed E-state index contributed by atoms with van der Waals surface area (Å²) >= 11 is 6.14. The van der Waals surface area contributed by atoms with E-state index in [9.17, 15) is 5.11 Å². The number of hydrogen-bond donors (Lipinski definition) is 1. The molecule has 1 heterocycles. The summed E-state index contributed by atoms with van der Waals surface area (Å²) in [4.78, 5) is 0. The molecule has 2 rings (SSSR count). The Hall–Kier alpha value is -0.770. The highest BCUT2D eigenvalue weighted by molar-refractivity contribution is 6.32. The van der Waals surface area contributed by atoms with Gasteiger partial charge in [-0.05, 0) is 51.3 Å². The second-order valence-electron chi connectivity index (χ2n) is 5.72. The zero-order valence-electron chi connectivity index (χ0n) is 11.6. The molecule has 1 aliphatic heterocycles. The third-order valence-corrected chi connectivity index (χ3v) is 3.71. The Labute approximate surface area is 119 Å². The molecule has 0 saturated carbocycles. The quantitative estimate of drug-likeness (QED) is 0.915. The van der Waals surface area contributed by atoms with Crippen LogP contribution in [0.25, 0.3) is 0 Å². The molecule has 0 amide bonds. The Morgan fingerprint density at radius 2 is 2.26 bits per heavy atom. The van der Waals surface area contributed by atoms with E-state index in [0.717, 1.165) is 18.4 Å². The summed E-state index contributed by atoms with van der Waals surface area (Å²) in [5, 5.41) is 10.0. The van der Waals surface area contributed by atoms with Crippen molar-refractivity contribution in [1.82, 2.24) is 0 Å². The summed E-state index contributed by atoms with van der Waals surface area (Å²) in [7, 11) is 0. The molecule has 1 saturated heterocycles. The maximum atomic E-state index is 9.48. The van der Waals surface area contributed by atoms with Crippen LogP contribution >= 0.6 is 11.6 Å². The number of aliphatic hydroxyl groups is 1. The van der Waals surface area contributed by atoms with Gasteiger partial charge in [-0.1, -0.05) is 17.7 Å². The molecule has 1 aliphatic rings. The van der Waals surface area contributed by atoms with Gasteiger partial charge in [0.15, 0.2) is 0 Å². The van der Waals surface area contributed by atoms with Crippen molar-refractivity contribution in [1.29, 1.82) is 0 Å². The number of ether oxygens (including phenoxy) is 2. The van der Waals surface area contributed by atoms with E-state index in [1.165, 1.54) is 0 Å². The third-order valence-electron chi connectivity index (χ3n) is 3.42. The molecule has 19 heavy (non-hydrogen) atoms. The number of halogens is 1. The topological polar surface area (TPSA) is 38.7 Å². The standard InChI is InChI=1S/C15H21ClO3/c1-10(17)11-4-5-14(13(16)8-11)18-9-12-6-7-15(2,3)19-12/h4-5,8,10,12,17H,6-7,9H2,1-3H3. The number of hydrogen-bond acceptors (Lipinski definition) is 3. The Kier molecular flexibility index (Phi) is 4.39. The second kappa shape index (κ2) is 5.70. The van der Waals surface area contributed by atoms with Gasteiger partial charge in [0.05, 0.1) is 22.8 Å². The number of rotatable bonds is 4. The highest BCUT2D eigenvalue weighted by Gasteiger charge is 2.31. The molecule has 106 valence electrons. The summed E-state index contributed by atoms with van der Waals surface area (Å²) in [5.41, 5.74) is 0.740. The van der Waals surface area contributed by atoms with Crippen LogP contribution in [0.5, 0.6) is 5.75 Å².